The quantitative estimate of drug-likeness (QED) is 0.571. The third-order valence-electron chi connectivity index (χ3n) is 4.00. The van der Waals surface area contributed by atoms with Gasteiger partial charge < -0.3 is 15.3 Å². The highest BCUT2D eigenvalue weighted by Gasteiger charge is 2.24. The third-order valence-corrected chi connectivity index (χ3v) is 4.00. The molecule has 2 atom stereocenters. The lowest BCUT2D eigenvalue weighted by Gasteiger charge is -2.31. The van der Waals surface area contributed by atoms with Gasteiger partial charge in [0.1, 0.15) is 0 Å². The second-order valence-electron chi connectivity index (χ2n) is 7.20. The maximum absolute atomic E-state index is 12.1. The van der Waals surface area contributed by atoms with Crippen LogP contribution in [0.5, 0.6) is 0 Å². The van der Waals surface area contributed by atoms with Crippen LogP contribution < -0.4 is 5.73 Å². The molecular weight excluding hydrogens is 268 g/mol. The van der Waals surface area contributed by atoms with Gasteiger partial charge in [-0.3, -0.25) is 9.59 Å². The van der Waals surface area contributed by atoms with E-state index in [-0.39, 0.29) is 24.5 Å². The summed E-state index contributed by atoms with van der Waals surface area (Å²) in [5.74, 6) is -0.339. The summed E-state index contributed by atoms with van der Waals surface area (Å²) in [5.41, 5.74) is 5.79. The number of carboxylic acids is 1. The fourth-order valence-electron chi connectivity index (χ4n) is 2.19. The maximum Gasteiger partial charge on any atom is 0.303 e. The van der Waals surface area contributed by atoms with Gasteiger partial charge in [-0.1, -0.05) is 20.8 Å². The number of aliphatic carboxylic acids is 1. The summed E-state index contributed by atoms with van der Waals surface area (Å²) < 4.78 is 0.903. The first-order chi connectivity index (χ1) is 9.55. The number of quaternary nitrogens is 1. The SMILES string of the molecule is CC(C)CC[N+](C)(C)CCC(C)C(=O)C(N)CCC(=O)O. The molecule has 5 heteroatoms. The van der Waals surface area contributed by atoms with E-state index in [4.69, 9.17) is 10.8 Å². The Bertz CT molecular complexity index is 340. The van der Waals surface area contributed by atoms with Crippen molar-refractivity contribution in [3.63, 3.8) is 0 Å². The zero-order valence-corrected chi connectivity index (χ0v) is 14.3. The molecule has 0 aliphatic rings. The molecule has 0 spiro atoms. The van der Waals surface area contributed by atoms with E-state index in [1.165, 1.54) is 6.42 Å². The molecule has 0 bridgehead atoms. The summed E-state index contributed by atoms with van der Waals surface area (Å²) in [6, 6.07) is -0.651. The van der Waals surface area contributed by atoms with E-state index in [2.05, 4.69) is 27.9 Å². The predicted molar refractivity (Wildman–Crippen MR) is 84.9 cm³/mol. The lowest BCUT2D eigenvalue weighted by Crippen LogP contribution is -2.43. The van der Waals surface area contributed by atoms with Crippen LogP contribution in [0, 0.1) is 11.8 Å². The van der Waals surface area contributed by atoms with Crippen molar-refractivity contribution in [3.8, 4) is 0 Å². The average molecular weight is 301 g/mol. The molecule has 0 saturated carbocycles. The van der Waals surface area contributed by atoms with Crippen LogP contribution in [0.25, 0.3) is 0 Å². The molecule has 124 valence electrons. The lowest BCUT2D eigenvalue weighted by molar-refractivity contribution is -0.891. The maximum atomic E-state index is 12.1. The fourth-order valence-corrected chi connectivity index (χ4v) is 2.19. The van der Waals surface area contributed by atoms with Crippen LogP contribution in [0.15, 0.2) is 0 Å². The van der Waals surface area contributed by atoms with Gasteiger partial charge in [-0.25, -0.2) is 0 Å². The van der Waals surface area contributed by atoms with Crippen LogP contribution in [-0.2, 0) is 9.59 Å². The molecular formula is C16H33N2O3+. The smallest absolute Gasteiger partial charge is 0.303 e. The van der Waals surface area contributed by atoms with Gasteiger partial charge in [0.25, 0.3) is 0 Å². The van der Waals surface area contributed by atoms with E-state index in [1.54, 1.807) is 0 Å². The van der Waals surface area contributed by atoms with Crippen molar-refractivity contribution in [2.45, 2.75) is 52.5 Å². The number of carbonyl (C=O) groups is 2. The second kappa shape index (κ2) is 9.15. The van der Waals surface area contributed by atoms with E-state index >= 15 is 0 Å². The van der Waals surface area contributed by atoms with Crippen LogP contribution in [0.3, 0.4) is 0 Å². The monoisotopic (exact) mass is 301 g/mol. The van der Waals surface area contributed by atoms with Gasteiger partial charge >= 0.3 is 5.97 Å². The largest absolute Gasteiger partial charge is 0.481 e. The first kappa shape index (κ1) is 20.1. The molecule has 0 radical (unpaired) electrons. The van der Waals surface area contributed by atoms with Crippen LogP contribution in [0.4, 0.5) is 0 Å². The number of Topliss-reactive ketones (excluding diaryl/α,β-unsaturated/α-hetero) is 1. The number of carboxylic acid groups (broad SMARTS) is 1. The number of carbonyl (C=O) groups excluding carboxylic acids is 1. The van der Waals surface area contributed by atoms with Crippen LogP contribution in [0.1, 0.15) is 46.5 Å². The zero-order valence-electron chi connectivity index (χ0n) is 14.3. The molecule has 2 unspecified atom stereocenters. The molecule has 0 aromatic rings. The van der Waals surface area contributed by atoms with Gasteiger partial charge in [0.15, 0.2) is 5.78 Å². The number of ketones is 1. The summed E-state index contributed by atoms with van der Waals surface area (Å²) in [5, 5.41) is 8.63. The number of nitrogens with two attached hydrogens (primary N) is 1. The van der Waals surface area contributed by atoms with E-state index in [1.807, 2.05) is 6.92 Å². The van der Waals surface area contributed by atoms with Crippen molar-refractivity contribution < 1.29 is 19.2 Å². The fraction of sp³-hybridized carbons (Fsp3) is 0.875. The molecule has 0 amide bonds. The Morgan fingerprint density at radius 1 is 1.05 bits per heavy atom. The summed E-state index contributed by atoms with van der Waals surface area (Å²) in [6.07, 6.45) is 2.15. The average Bonchev–Trinajstić information content (AvgIpc) is 2.39. The van der Waals surface area contributed by atoms with E-state index in [9.17, 15) is 9.59 Å². The van der Waals surface area contributed by atoms with E-state index in [0.717, 1.165) is 24.0 Å². The van der Waals surface area contributed by atoms with Crippen molar-refractivity contribution in [3.05, 3.63) is 0 Å². The highest BCUT2D eigenvalue weighted by Crippen LogP contribution is 2.13. The minimum atomic E-state index is -0.905. The Hall–Kier alpha value is -0.940. The summed E-state index contributed by atoms with van der Waals surface area (Å²) >= 11 is 0. The van der Waals surface area contributed by atoms with Crippen molar-refractivity contribution in [2.75, 3.05) is 27.2 Å². The Morgan fingerprint density at radius 3 is 2.05 bits per heavy atom. The van der Waals surface area contributed by atoms with Gasteiger partial charge in [-0.15, -0.1) is 0 Å². The Kier molecular flexibility index (Phi) is 8.74. The summed E-state index contributed by atoms with van der Waals surface area (Å²) in [7, 11) is 4.37. The number of rotatable bonds is 11. The molecule has 3 N–H and O–H groups in total. The number of hydrogen-bond donors (Lipinski definition) is 2. The molecule has 5 nitrogen and oxygen atoms in total. The summed E-state index contributed by atoms with van der Waals surface area (Å²) in [4.78, 5) is 22.6. The molecule has 0 aliphatic carbocycles. The molecule has 21 heavy (non-hydrogen) atoms. The Morgan fingerprint density at radius 2 is 1.57 bits per heavy atom. The zero-order chi connectivity index (χ0) is 16.6. The van der Waals surface area contributed by atoms with Crippen molar-refractivity contribution in [1.29, 1.82) is 0 Å². The lowest BCUT2D eigenvalue weighted by atomic mass is 9.94. The highest BCUT2D eigenvalue weighted by molar-refractivity contribution is 5.86. The Labute approximate surface area is 129 Å². The van der Waals surface area contributed by atoms with Gasteiger partial charge in [0.05, 0.1) is 33.2 Å². The van der Waals surface area contributed by atoms with Gasteiger partial charge in [0, 0.05) is 18.8 Å². The molecule has 0 aromatic heterocycles. The highest BCUT2D eigenvalue weighted by atomic mass is 16.4. The minimum absolute atomic E-state index is 0.0138. The van der Waals surface area contributed by atoms with Crippen LogP contribution >= 0.6 is 0 Å². The molecule has 0 saturated heterocycles. The van der Waals surface area contributed by atoms with E-state index in [0.29, 0.717) is 5.92 Å². The molecule has 0 rings (SSSR count). The van der Waals surface area contributed by atoms with E-state index < -0.39 is 12.0 Å². The van der Waals surface area contributed by atoms with Gasteiger partial charge in [-0.05, 0) is 18.8 Å². The first-order valence-corrected chi connectivity index (χ1v) is 7.88. The second-order valence-corrected chi connectivity index (χ2v) is 7.20. The number of hydrogen-bond acceptors (Lipinski definition) is 3. The van der Waals surface area contributed by atoms with Crippen molar-refractivity contribution >= 4 is 11.8 Å². The third kappa shape index (κ3) is 9.58. The van der Waals surface area contributed by atoms with Crippen molar-refractivity contribution in [1.82, 2.24) is 0 Å². The first-order valence-electron chi connectivity index (χ1n) is 7.88. The topological polar surface area (TPSA) is 80.4 Å². The van der Waals surface area contributed by atoms with Crippen molar-refractivity contribution in [2.24, 2.45) is 17.6 Å². The predicted octanol–water partition coefficient (Wildman–Crippen LogP) is 1.90. The van der Waals surface area contributed by atoms with Crippen LogP contribution in [-0.4, -0.2) is 54.6 Å². The Balaban J connectivity index is 4.19. The minimum Gasteiger partial charge on any atom is -0.481 e. The molecule has 0 fully saturated rings. The molecule has 0 aliphatic heterocycles. The van der Waals surface area contributed by atoms with Gasteiger partial charge in [-0.2, -0.15) is 0 Å². The molecule has 0 heterocycles. The normalized spacial score (nSPS) is 15.0. The molecule has 0 aromatic carbocycles. The van der Waals surface area contributed by atoms with Gasteiger partial charge in [0.2, 0.25) is 0 Å². The number of nitrogens with zero attached hydrogens (tertiary/aromatic N) is 1. The van der Waals surface area contributed by atoms with Crippen LogP contribution in [0.2, 0.25) is 0 Å². The standard InChI is InChI=1S/C16H32N2O3/c1-12(2)8-10-18(4,5)11-9-13(3)16(21)14(17)6-7-15(19)20/h12-14H,6-11,17H2,1-5H3/p+1. The summed E-state index contributed by atoms with van der Waals surface area (Å²) in [6.45, 7) is 8.36.